The molecular weight excluding hydrogens is 1240 g/mol. The maximum absolute atomic E-state index is 5.17. The fourth-order valence-electron chi connectivity index (χ4n) is 17.2. The molecule has 102 heavy (non-hydrogen) atoms. The Hall–Kier alpha value is -13.8. The van der Waals surface area contributed by atoms with Gasteiger partial charge in [0.05, 0.1) is 77.6 Å². The Balaban J connectivity index is 0.653. The van der Waals surface area contributed by atoms with E-state index in [-0.39, 0.29) is 0 Å². The summed E-state index contributed by atoms with van der Waals surface area (Å²) >= 11 is 0. The minimum absolute atomic E-state index is 0.884. The van der Waals surface area contributed by atoms with Crippen LogP contribution in [0.5, 0.6) is 0 Å². The Labute approximate surface area is 584 Å². The molecule has 0 aliphatic rings. The lowest BCUT2D eigenvalue weighted by molar-refractivity contribution is 1.16. The van der Waals surface area contributed by atoms with Gasteiger partial charge >= 0.3 is 0 Å². The third kappa shape index (κ3) is 8.20. The molecule has 8 heteroatoms. The minimum Gasteiger partial charge on any atom is -0.309 e. The number of benzene rings is 14. The van der Waals surface area contributed by atoms with Crippen LogP contribution in [0.4, 0.5) is 0 Å². The second kappa shape index (κ2) is 21.8. The third-order valence-corrected chi connectivity index (χ3v) is 21.5. The van der Waals surface area contributed by atoms with Crippen molar-refractivity contribution < 1.29 is 0 Å². The lowest BCUT2D eigenvalue weighted by Crippen LogP contribution is -1.97. The van der Waals surface area contributed by atoms with Crippen molar-refractivity contribution in [2.24, 2.45) is 0 Å². The highest BCUT2D eigenvalue weighted by molar-refractivity contribution is 6.17. The van der Waals surface area contributed by atoms with Gasteiger partial charge in [-0.2, -0.15) is 0 Å². The zero-order chi connectivity index (χ0) is 66.7. The maximum atomic E-state index is 5.17. The predicted molar refractivity (Wildman–Crippen MR) is 424 cm³/mol. The Kier molecular flexibility index (Phi) is 12.0. The van der Waals surface area contributed by atoms with E-state index >= 15 is 0 Å². The van der Waals surface area contributed by atoms with Crippen LogP contribution >= 0.6 is 0 Å². The van der Waals surface area contributed by atoms with Gasteiger partial charge in [0.1, 0.15) is 0 Å². The van der Waals surface area contributed by atoms with Crippen molar-refractivity contribution >= 4 is 131 Å². The van der Waals surface area contributed by atoms with Crippen LogP contribution in [0.3, 0.4) is 0 Å². The van der Waals surface area contributed by atoms with Gasteiger partial charge in [-0.15, -0.1) is 0 Å². The molecule has 0 bridgehead atoms. The van der Waals surface area contributed by atoms with Gasteiger partial charge < -0.3 is 27.4 Å². The molecule has 0 amide bonds. The molecule has 8 heterocycles. The highest BCUT2D eigenvalue weighted by Crippen LogP contribution is 2.45. The van der Waals surface area contributed by atoms with Crippen molar-refractivity contribution in [3.63, 3.8) is 0 Å². The first-order valence-corrected chi connectivity index (χ1v) is 34.9. The van der Waals surface area contributed by atoms with Crippen LogP contribution in [0.1, 0.15) is 0 Å². The van der Waals surface area contributed by atoms with E-state index in [0.29, 0.717) is 0 Å². The van der Waals surface area contributed by atoms with Crippen LogP contribution in [-0.4, -0.2) is 37.4 Å². The summed E-state index contributed by atoms with van der Waals surface area (Å²) in [5.41, 5.74) is 26.3. The fourth-order valence-corrected chi connectivity index (χ4v) is 17.2. The van der Waals surface area contributed by atoms with Crippen LogP contribution in [0, 0.1) is 0 Å². The molecule has 8 aromatic heterocycles. The van der Waals surface area contributed by atoms with Gasteiger partial charge in [-0.05, 0) is 158 Å². The molecule has 0 aliphatic carbocycles. The van der Waals surface area contributed by atoms with Crippen molar-refractivity contribution in [3.05, 3.63) is 352 Å². The molecule has 0 fully saturated rings. The van der Waals surface area contributed by atoms with Crippen LogP contribution in [0.2, 0.25) is 0 Å². The molecule has 0 N–H and O–H groups in total. The van der Waals surface area contributed by atoms with Gasteiger partial charge in [-0.3, -0.25) is 9.97 Å². The minimum atomic E-state index is 0.884. The number of aromatic nitrogens is 8. The normalized spacial score (nSPS) is 12.1. The number of fused-ring (bicyclic) bond motifs is 18. The summed E-state index contributed by atoms with van der Waals surface area (Å²) in [6.07, 6.45) is 3.80. The number of rotatable bonds is 9. The Morgan fingerprint density at radius 1 is 0.157 bits per heavy atom. The molecule has 8 nitrogen and oxygen atoms in total. The van der Waals surface area contributed by atoms with E-state index in [0.717, 1.165) is 89.8 Å². The van der Waals surface area contributed by atoms with Gasteiger partial charge in [0, 0.05) is 133 Å². The molecule has 14 aromatic carbocycles. The highest BCUT2D eigenvalue weighted by atomic mass is 15.0. The highest BCUT2D eigenvalue weighted by Gasteiger charge is 2.24. The average molecular weight is 1300 g/mol. The SMILES string of the molecule is c1cnc(-c2ccc(-n3c4ccc(-n5c6ccccc6c6ccccc65)cc4c4cc(-n5c6ccccc6c6ccccc65)ccc43)cc2)c(-c2cccnc2-c2ccc(-n3c4ccc(-n5c6ccccc6c6ccccc65)cc4c4cc(-n5c6ccccc6c6ccccc65)ccc43)cc2)c1. The van der Waals surface area contributed by atoms with Gasteiger partial charge in [0.25, 0.3) is 0 Å². The van der Waals surface area contributed by atoms with E-state index in [1.807, 2.05) is 24.5 Å². The molecule has 0 atom stereocenters. The van der Waals surface area contributed by atoms with E-state index in [1.54, 1.807) is 0 Å². The zero-order valence-electron chi connectivity index (χ0n) is 55.1. The molecule has 0 aliphatic heterocycles. The largest absolute Gasteiger partial charge is 0.309 e. The van der Waals surface area contributed by atoms with Gasteiger partial charge in [0.15, 0.2) is 0 Å². The summed E-state index contributed by atoms with van der Waals surface area (Å²) in [5, 5.41) is 14.6. The predicted octanol–water partition coefficient (Wildman–Crippen LogP) is 24.1. The topological polar surface area (TPSA) is 55.4 Å². The van der Waals surface area contributed by atoms with Crippen molar-refractivity contribution in [1.29, 1.82) is 0 Å². The Morgan fingerprint density at radius 2 is 0.353 bits per heavy atom. The van der Waals surface area contributed by atoms with Crippen molar-refractivity contribution in [2.45, 2.75) is 0 Å². The molecule has 0 unspecified atom stereocenters. The monoisotopic (exact) mass is 1300 g/mol. The summed E-state index contributed by atoms with van der Waals surface area (Å²) < 4.78 is 14.5. The van der Waals surface area contributed by atoms with E-state index in [4.69, 9.17) is 9.97 Å². The molecule has 474 valence electrons. The van der Waals surface area contributed by atoms with Crippen LogP contribution < -0.4 is 0 Å². The van der Waals surface area contributed by atoms with E-state index in [1.165, 1.54) is 109 Å². The molecule has 0 radical (unpaired) electrons. The molecule has 22 aromatic rings. The number of hydrogen-bond donors (Lipinski definition) is 0. The average Bonchev–Trinajstić information content (AvgIpc) is 1.57. The first-order valence-electron chi connectivity index (χ1n) is 34.9. The van der Waals surface area contributed by atoms with Crippen molar-refractivity contribution in [3.8, 4) is 67.8 Å². The van der Waals surface area contributed by atoms with Gasteiger partial charge in [-0.25, -0.2) is 0 Å². The van der Waals surface area contributed by atoms with Gasteiger partial charge in [-0.1, -0.05) is 182 Å². The number of pyridine rings is 2. The molecule has 0 saturated carbocycles. The Bertz CT molecular complexity index is 6260. The van der Waals surface area contributed by atoms with Crippen molar-refractivity contribution in [2.75, 3.05) is 0 Å². The standard InChI is InChI=1S/C94H58N8/c1-9-29-81-67(19-1)68-20-2-10-30-82(68)99(81)63-45-49-89-77(55-63)78-56-64(100-83-31-11-3-21-69(83)70-22-4-12-32-84(70)100)46-50-90(78)97(89)61-41-37-59(38-42-61)93-75(27-17-53-95-93)76-28-18-54-96-94(76)60-39-43-62(44-40-60)98-91-51-47-65(101-85-33-13-5-23-71(85)72-24-6-14-34-86(72)101)57-79(91)80-58-66(48-52-92(80)98)102-87-35-15-7-25-73(87)74-26-8-16-36-88(74)102/h1-58H. The second-order valence-electron chi connectivity index (χ2n) is 26.8. The molecule has 22 rings (SSSR count). The number of nitrogens with zero attached hydrogens (tertiary/aromatic N) is 8. The van der Waals surface area contributed by atoms with E-state index < -0.39 is 0 Å². The van der Waals surface area contributed by atoms with Gasteiger partial charge in [0.2, 0.25) is 0 Å². The first-order chi connectivity index (χ1) is 50.6. The third-order valence-electron chi connectivity index (χ3n) is 21.5. The van der Waals surface area contributed by atoms with Crippen LogP contribution in [0.15, 0.2) is 352 Å². The number of hydrogen-bond acceptors (Lipinski definition) is 2. The second-order valence-corrected chi connectivity index (χ2v) is 26.8. The van der Waals surface area contributed by atoms with E-state index in [9.17, 15) is 0 Å². The maximum Gasteiger partial charge on any atom is 0.0781 e. The summed E-state index contributed by atoms with van der Waals surface area (Å²) in [6.45, 7) is 0. The summed E-state index contributed by atoms with van der Waals surface area (Å²) in [4.78, 5) is 10.3. The summed E-state index contributed by atoms with van der Waals surface area (Å²) in [7, 11) is 0. The zero-order valence-corrected chi connectivity index (χ0v) is 55.1. The quantitative estimate of drug-likeness (QED) is 0.145. The molecule has 0 spiro atoms. The smallest absolute Gasteiger partial charge is 0.0781 e. The lowest BCUT2D eigenvalue weighted by Gasteiger charge is -2.15. The Morgan fingerprint density at radius 3 is 0.588 bits per heavy atom. The van der Waals surface area contributed by atoms with E-state index in [2.05, 4.69) is 355 Å². The fraction of sp³-hybridized carbons (Fsp3) is 0. The molecular formula is C94H58N8. The first kappa shape index (κ1) is 56.2. The molecule has 0 saturated heterocycles. The number of para-hydroxylation sites is 8. The summed E-state index contributed by atoms with van der Waals surface area (Å²) in [6, 6.07) is 124. The van der Waals surface area contributed by atoms with Crippen LogP contribution in [0.25, 0.3) is 199 Å². The lowest BCUT2D eigenvalue weighted by atomic mass is 9.95. The summed E-state index contributed by atoms with van der Waals surface area (Å²) in [5.74, 6) is 0. The van der Waals surface area contributed by atoms with Crippen LogP contribution in [-0.2, 0) is 0 Å². The van der Waals surface area contributed by atoms with Crippen molar-refractivity contribution in [1.82, 2.24) is 37.4 Å².